The van der Waals surface area contributed by atoms with Gasteiger partial charge in [0.25, 0.3) is 11.6 Å². The molecule has 0 saturated heterocycles. The monoisotopic (exact) mass is 358 g/mol. The topological polar surface area (TPSA) is 123 Å². The van der Waals surface area contributed by atoms with Crippen LogP contribution < -0.4 is 20.9 Å². The zero-order valence-electron chi connectivity index (χ0n) is 14.0. The van der Waals surface area contributed by atoms with Gasteiger partial charge in [0.2, 0.25) is 5.91 Å². The van der Waals surface area contributed by atoms with E-state index in [1.807, 2.05) is 0 Å². The lowest BCUT2D eigenvalue weighted by Crippen LogP contribution is -2.39. The molecule has 2 aromatic carbocycles. The normalized spacial score (nSPS) is 10.0. The molecule has 0 aliphatic rings. The van der Waals surface area contributed by atoms with Gasteiger partial charge in [0.1, 0.15) is 17.9 Å². The maximum absolute atomic E-state index is 12.0. The third kappa shape index (κ3) is 5.56. The van der Waals surface area contributed by atoms with Crippen LogP contribution in [0.5, 0.6) is 5.75 Å². The van der Waals surface area contributed by atoms with Crippen LogP contribution in [0.15, 0.2) is 48.5 Å². The average molecular weight is 358 g/mol. The van der Waals surface area contributed by atoms with Gasteiger partial charge in [-0.3, -0.25) is 25.1 Å². The Labute approximate surface area is 149 Å². The summed E-state index contributed by atoms with van der Waals surface area (Å²) in [4.78, 5) is 33.2. The molecule has 9 nitrogen and oxygen atoms in total. The predicted octanol–water partition coefficient (Wildman–Crippen LogP) is 1.87. The number of benzene rings is 2. The Morgan fingerprint density at radius 2 is 1.81 bits per heavy atom. The van der Waals surface area contributed by atoms with Crippen LogP contribution in [0.2, 0.25) is 0 Å². The van der Waals surface area contributed by atoms with Gasteiger partial charge < -0.3 is 10.1 Å². The summed E-state index contributed by atoms with van der Waals surface area (Å²) in [5.41, 5.74) is 5.42. The Balaban J connectivity index is 1.74. The molecule has 2 amide bonds. The van der Waals surface area contributed by atoms with Crippen molar-refractivity contribution in [3.8, 4) is 5.75 Å². The molecule has 0 spiro atoms. The van der Waals surface area contributed by atoms with Crippen molar-refractivity contribution in [2.24, 2.45) is 0 Å². The van der Waals surface area contributed by atoms with Gasteiger partial charge in [0.15, 0.2) is 0 Å². The molecule has 0 fully saturated rings. The smallest absolute Gasteiger partial charge is 0.282 e. The highest BCUT2D eigenvalue weighted by Crippen LogP contribution is 2.17. The number of para-hydroxylation sites is 1. The molecule has 0 heterocycles. The Kier molecular flexibility index (Phi) is 6.63. The average Bonchev–Trinajstić information content (AvgIpc) is 2.62. The Morgan fingerprint density at radius 3 is 2.46 bits per heavy atom. The lowest BCUT2D eigenvalue weighted by molar-refractivity contribution is -0.385. The maximum atomic E-state index is 12.0. The number of nitro benzene ring substituents is 1. The highest BCUT2D eigenvalue weighted by atomic mass is 16.6. The fraction of sp³-hybridized carbons (Fsp3) is 0.176. The fourth-order valence-corrected chi connectivity index (χ4v) is 2.09. The fourth-order valence-electron chi connectivity index (χ4n) is 2.09. The SMILES string of the molecule is CC(=O)Nc1ccc(OCCNNC(=O)c2ccccc2[N+](=O)[O-])cc1. The first-order chi connectivity index (χ1) is 12.5. The predicted molar refractivity (Wildman–Crippen MR) is 94.8 cm³/mol. The molecule has 3 N–H and O–H groups in total. The van der Waals surface area contributed by atoms with Crippen molar-refractivity contribution >= 4 is 23.2 Å². The van der Waals surface area contributed by atoms with E-state index in [9.17, 15) is 19.7 Å². The molecule has 0 bridgehead atoms. The summed E-state index contributed by atoms with van der Waals surface area (Å²) in [5.74, 6) is -0.153. The largest absolute Gasteiger partial charge is 0.492 e. The van der Waals surface area contributed by atoms with Gasteiger partial charge in [-0.15, -0.1) is 0 Å². The lowest BCUT2D eigenvalue weighted by Gasteiger charge is -2.10. The highest BCUT2D eigenvalue weighted by molar-refractivity contribution is 5.97. The van der Waals surface area contributed by atoms with E-state index in [0.717, 1.165) is 0 Å². The van der Waals surface area contributed by atoms with Gasteiger partial charge >= 0.3 is 0 Å². The number of anilines is 1. The van der Waals surface area contributed by atoms with Crippen LogP contribution in [0.3, 0.4) is 0 Å². The number of ether oxygens (including phenoxy) is 1. The number of rotatable bonds is 8. The minimum absolute atomic E-state index is 0.0283. The van der Waals surface area contributed by atoms with Crippen molar-refractivity contribution in [1.82, 2.24) is 10.9 Å². The van der Waals surface area contributed by atoms with Crippen LogP contribution in [0.25, 0.3) is 0 Å². The molecular formula is C17H18N4O5. The number of hydrazine groups is 1. The summed E-state index contributed by atoms with van der Waals surface area (Å²) in [5, 5.41) is 13.6. The van der Waals surface area contributed by atoms with E-state index < -0.39 is 10.8 Å². The van der Waals surface area contributed by atoms with Crippen LogP contribution >= 0.6 is 0 Å². The van der Waals surface area contributed by atoms with E-state index in [1.54, 1.807) is 30.3 Å². The molecule has 0 saturated carbocycles. The second-order valence-electron chi connectivity index (χ2n) is 5.21. The first-order valence-corrected chi connectivity index (χ1v) is 7.74. The van der Waals surface area contributed by atoms with E-state index >= 15 is 0 Å². The second-order valence-corrected chi connectivity index (χ2v) is 5.21. The molecule has 2 rings (SSSR count). The number of carbonyl (C=O) groups excluding carboxylic acids is 2. The van der Waals surface area contributed by atoms with Crippen LogP contribution in [0.1, 0.15) is 17.3 Å². The van der Waals surface area contributed by atoms with Gasteiger partial charge in [0.05, 0.1) is 4.92 Å². The number of hydrogen-bond acceptors (Lipinski definition) is 6. The molecule has 2 aromatic rings. The van der Waals surface area contributed by atoms with E-state index in [0.29, 0.717) is 18.0 Å². The summed E-state index contributed by atoms with van der Waals surface area (Å²) in [6, 6.07) is 12.5. The molecule has 0 aliphatic heterocycles. The zero-order chi connectivity index (χ0) is 18.9. The highest BCUT2D eigenvalue weighted by Gasteiger charge is 2.18. The van der Waals surface area contributed by atoms with E-state index in [1.165, 1.54) is 25.1 Å². The molecule has 26 heavy (non-hydrogen) atoms. The Hall–Kier alpha value is -3.46. The number of nitrogens with one attached hydrogen (secondary N) is 3. The van der Waals surface area contributed by atoms with Crippen molar-refractivity contribution in [3.63, 3.8) is 0 Å². The third-order valence-electron chi connectivity index (χ3n) is 3.22. The minimum Gasteiger partial charge on any atom is -0.492 e. The van der Waals surface area contributed by atoms with Gasteiger partial charge in [-0.05, 0) is 30.3 Å². The molecule has 0 unspecified atom stereocenters. The van der Waals surface area contributed by atoms with Crippen molar-refractivity contribution in [3.05, 3.63) is 64.2 Å². The number of nitrogens with zero attached hydrogens (tertiary/aromatic N) is 1. The van der Waals surface area contributed by atoms with E-state index in [-0.39, 0.29) is 23.8 Å². The summed E-state index contributed by atoms with van der Waals surface area (Å²) in [6.07, 6.45) is 0. The molecule has 9 heteroatoms. The summed E-state index contributed by atoms with van der Waals surface area (Å²) < 4.78 is 5.48. The first kappa shape index (κ1) is 18.9. The van der Waals surface area contributed by atoms with Gasteiger partial charge in [-0.1, -0.05) is 12.1 Å². The second kappa shape index (κ2) is 9.14. The van der Waals surface area contributed by atoms with Crippen molar-refractivity contribution in [2.45, 2.75) is 6.92 Å². The summed E-state index contributed by atoms with van der Waals surface area (Å²) in [7, 11) is 0. The van der Waals surface area contributed by atoms with E-state index in [2.05, 4.69) is 16.2 Å². The summed E-state index contributed by atoms with van der Waals surface area (Å²) >= 11 is 0. The first-order valence-electron chi connectivity index (χ1n) is 7.74. The molecule has 136 valence electrons. The van der Waals surface area contributed by atoms with Crippen LogP contribution in [-0.2, 0) is 4.79 Å². The van der Waals surface area contributed by atoms with Crippen molar-refractivity contribution < 1.29 is 19.2 Å². The van der Waals surface area contributed by atoms with Gasteiger partial charge in [-0.2, -0.15) is 0 Å². The molecule has 0 atom stereocenters. The maximum Gasteiger partial charge on any atom is 0.282 e. The lowest BCUT2D eigenvalue weighted by atomic mass is 10.2. The Bertz CT molecular complexity index is 792. The third-order valence-corrected chi connectivity index (χ3v) is 3.22. The zero-order valence-corrected chi connectivity index (χ0v) is 14.0. The van der Waals surface area contributed by atoms with Gasteiger partial charge in [-0.25, -0.2) is 5.43 Å². The van der Waals surface area contributed by atoms with Gasteiger partial charge in [0, 0.05) is 25.2 Å². The van der Waals surface area contributed by atoms with Crippen LogP contribution in [-0.4, -0.2) is 29.9 Å². The molecular weight excluding hydrogens is 340 g/mol. The number of amides is 2. The molecule has 0 radical (unpaired) electrons. The molecule has 0 aliphatic carbocycles. The Morgan fingerprint density at radius 1 is 1.12 bits per heavy atom. The van der Waals surface area contributed by atoms with Crippen LogP contribution in [0.4, 0.5) is 11.4 Å². The van der Waals surface area contributed by atoms with E-state index in [4.69, 9.17) is 4.74 Å². The van der Waals surface area contributed by atoms with Crippen molar-refractivity contribution in [1.29, 1.82) is 0 Å². The minimum atomic E-state index is -0.608. The molecule has 0 aromatic heterocycles. The number of hydrogen-bond donors (Lipinski definition) is 3. The van der Waals surface area contributed by atoms with Crippen LogP contribution in [0, 0.1) is 10.1 Å². The number of carbonyl (C=O) groups is 2. The number of nitro groups is 1. The summed E-state index contributed by atoms with van der Waals surface area (Å²) in [6.45, 7) is 1.98. The quantitative estimate of drug-likeness (QED) is 0.376. The van der Waals surface area contributed by atoms with Crippen molar-refractivity contribution in [2.75, 3.05) is 18.5 Å². The standard InChI is InChI=1S/C17H18N4O5/c1-12(22)19-13-6-8-14(9-7-13)26-11-10-18-20-17(23)15-4-2-3-5-16(15)21(24)25/h2-9,18H,10-11H2,1H3,(H,19,22)(H,20,23).